The molecule has 0 fully saturated rings. The van der Waals surface area contributed by atoms with Crippen LogP contribution in [0.2, 0.25) is 0 Å². The molecular formula is C14H16N4O. The Hall–Kier alpha value is -2.04. The summed E-state index contributed by atoms with van der Waals surface area (Å²) in [6.45, 7) is 4.19. The summed E-state index contributed by atoms with van der Waals surface area (Å²) < 4.78 is 1.73. The number of ketones is 1. The second kappa shape index (κ2) is 3.98. The highest BCUT2D eigenvalue weighted by atomic mass is 16.1. The van der Waals surface area contributed by atoms with Crippen molar-refractivity contribution >= 4 is 5.78 Å². The first-order chi connectivity index (χ1) is 8.96. The van der Waals surface area contributed by atoms with Gasteiger partial charge in [0.2, 0.25) is 0 Å². The molecule has 0 bridgehead atoms. The van der Waals surface area contributed by atoms with Crippen molar-refractivity contribution in [1.82, 2.24) is 19.7 Å². The van der Waals surface area contributed by atoms with E-state index in [1.54, 1.807) is 17.1 Å². The van der Waals surface area contributed by atoms with Crippen LogP contribution >= 0.6 is 0 Å². The number of carbonyl (C=O) groups is 1. The maximum Gasteiger partial charge on any atom is 0.178 e. The van der Waals surface area contributed by atoms with Crippen LogP contribution in [0.5, 0.6) is 0 Å². The molecule has 0 saturated heterocycles. The minimum atomic E-state index is -0.0256. The lowest BCUT2D eigenvalue weighted by Gasteiger charge is -2.29. The second-order valence-electron chi connectivity index (χ2n) is 5.83. The lowest BCUT2D eigenvalue weighted by atomic mass is 9.76. The Bertz CT molecular complexity index is 657. The number of carbonyl (C=O) groups excluding carboxylic acids is 1. The van der Waals surface area contributed by atoms with Gasteiger partial charge in [-0.25, -0.2) is 9.97 Å². The van der Waals surface area contributed by atoms with E-state index in [2.05, 4.69) is 28.9 Å². The van der Waals surface area contributed by atoms with Gasteiger partial charge in [-0.3, -0.25) is 9.48 Å². The van der Waals surface area contributed by atoms with Crippen LogP contribution in [0, 0.1) is 5.41 Å². The third-order valence-electron chi connectivity index (χ3n) is 3.50. The zero-order chi connectivity index (χ0) is 13.6. The Morgan fingerprint density at radius 3 is 2.79 bits per heavy atom. The van der Waals surface area contributed by atoms with E-state index >= 15 is 0 Å². The van der Waals surface area contributed by atoms with E-state index in [9.17, 15) is 4.79 Å². The average molecular weight is 256 g/mol. The van der Waals surface area contributed by atoms with Crippen LogP contribution < -0.4 is 0 Å². The van der Waals surface area contributed by atoms with Crippen molar-refractivity contribution in [2.75, 3.05) is 0 Å². The number of aromatic nitrogens is 4. The third-order valence-corrected chi connectivity index (χ3v) is 3.50. The Morgan fingerprint density at radius 1 is 1.32 bits per heavy atom. The summed E-state index contributed by atoms with van der Waals surface area (Å²) in [5.74, 6) is 0.770. The van der Waals surface area contributed by atoms with Gasteiger partial charge in [0, 0.05) is 25.9 Å². The van der Waals surface area contributed by atoms with Crippen molar-refractivity contribution in [1.29, 1.82) is 0 Å². The quantitative estimate of drug-likeness (QED) is 0.783. The molecule has 98 valence electrons. The molecule has 0 radical (unpaired) electrons. The smallest absolute Gasteiger partial charge is 0.178 e. The predicted octanol–water partition coefficient (Wildman–Crippen LogP) is 2.03. The molecule has 2 heterocycles. The van der Waals surface area contributed by atoms with Crippen molar-refractivity contribution in [3.8, 4) is 11.5 Å². The first-order valence-electron chi connectivity index (χ1n) is 6.34. The molecule has 0 unspecified atom stereocenters. The molecule has 3 rings (SSSR count). The number of Topliss-reactive ketones (excluding diaryl/α,β-unsaturated/α-hetero) is 1. The fourth-order valence-electron chi connectivity index (χ4n) is 2.55. The fourth-order valence-corrected chi connectivity index (χ4v) is 2.55. The molecule has 5 nitrogen and oxygen atoms in total. The predicted molar refractivity (Wildman–Crippen MR) is 70.7 cm³/mol. The van der Waals surface area contributed by atoms with Crippen molar-refractivity contribution in [2.45, 2.75) is 26.7 Å². The van der Waals surface area contributed by atoms with Gasteiger partial charge in [-0.2, -0.15) is 5.10 Å². The summed E-state index contributed by atoms with van der Waals surface area (Å²) in [7, 11) is 1.85. The molecule has 2 aromatic heterocycles. The van der Waals surface area contributed by atoms with E-state index < -0.39 is 0 Å². The largest absolute Gasteiger partial charge is 0.294 e. The minimum Gasteiger partial charge on any atom is -0.294 e. The van der Waals surface area contributed by atoms with Gasteiger partial charge < -0.3 is 0 Å². The first kappa shape index (κ1) is 12.0. The van der Waals surface area contributed by atoms with E-state index in [-0.39, 0.29) is 11.2 Å². The zero-order valence-corrected chi connectivity index (χ0v) is 11.3. The maximum absolute atomic E-state index is 12.1. The topological polar surface area (TPSA) is 60.7 Å². The normalized spacial score (nSPS) is 17.3. The van der Waals surface area contributed by atoms with Crippen LogP contribution in [0.25, 0.3) is 11.5 Å². The van der Waals surface area contributed by atoms with Crippen molar-refractivity contribution in [2.24, 2.45) is 12.5 Å². The second-order valence-corrected chi connectivity index (χ2v) is 5.83. The van der Waals surface area contributed by atoms with Crippen LogP contribution in [0.3, 0.4) is 0 Å². The third kappa shape index (κ3) is 2.05. The summed E-state index contributed by atoms with van der Waals surface area (Å²) in [5, 5.41) is 4.12. The molecule has 5 heteroatoms. The number of aryl methyl sites for hydroxylation is 1. The monoisotopic (exact) mass is 256 g/mol. The summed E-state index contributed by atoms with van der Waals surface area (Å²) in [6.07, 6.45) is 4.74. The highest BCUT2D eigenvalue weighted by Gasteiger charge is 2.32. The van der Waals surface area contributed by atoms with Gasteiger partial charge in [0.25, 0.3) is 0 Å². The highest BCUT2D eigenvalue weighted by Crippen LogP contribution is 2.34. The van der Waals surface area contributed by atoms with Gasteiger partial charge in [-0.05, 0) is 17.9 Å². The van der Waals surface area contributed by atoms with Gasteiger partial charge >= 0.3 is 0 Å². The molecule has 2 aromatic rings. The van der Waals surface area contributed by atoms with Crippen molar-refractivity contribution < 1.29 is 4.79 Å². The van der Waals surface area contributed by atoms with Crippen molar-refractivity contribution in [3.05, 3.63) is 29.7 Å². The van der Waals surface area contributed by atoms with Crippen LogP contribution in [0.4, 0.5) is 0 Å². The standard InChI is InChI=1S/C14H16N4O/c1-14(2)6-10-9(12(19)7-14)8-15-13(17-10)11-4-5-16-18(11)3/h4-5,8H,6-7H2,1-3H3. The van der Waals surface area contributed by atoms with Gasteiger partial charge in [0.1, 0.15) is 5.69 Å². The van der Waals surface area contributed by atoms with E-state index in [1.165, 1.54) is 0 Å². The lowest BCUT2D eigenvalue weighted by Crippen LogP contribution is -2.28. The Kier molecular flexibility index (Phi) is 2.52. The lowest BCUT2D eigenvalue weighted by molar-refractivity contribution is 0.0910. The molecule has 0 N–H and O–H groups in total. The fraction of sp³-hybridized carbons (Fsp3) is 0.429. The van der Waals surface area contributed by atoms with Gasteiger partial charge in [-0.1, -0.05) is 13.8 Å². The summed E-state index contributed by atoms with van der Waals surface area (Å²) >= 11 is 0. The average Bonchev–Trinajstić information content (AvgIpc) is 2.73. The Labute approximate surface area is 111 Å². The SMILES string of the molecule is Cn1nccc1-c1ncc2c(n1)CC(C)(C)CC2=O. The Balaban J connectivity index is 2.10. The minimum absolute atomic E-state index is 0.0256. The highest BCUT2D eigenvalue weighted by molar-refractivity contribution is 5.98. The molecule has 0 amide bonds. The summed E-state index contributed by atoms with van der Waals surface area (Å²) in [6, 6.07) is 1.87. The molecular weight excluding hydrogens is 240 g/mol. The molecule has 0 atom stereocenters. The summed E-state index contributed by atoms with van der Waals surface area (Å²) in [5.41, 5.74) is 2.36. The molecule has 0 aliphatic heterocycles. The van der Waals surface area contributed by atoms with Crippen LogP contribution in [-0.4, -0.2) is 25.5 Å². The number of fused-ring (bicyclic) bond motifs is 1. The van der Waals surface area contributed by atoms with Crippen LogP contribution in [0.15, 0.2) is 18.5 Å². The molecule has 1 aliphatic carbocycles. The molecule has 1 aliphatic rings. The zero-order valence-electron chi connectivity index (χ0n) is 11.3. The molecule has 0 aromatic carbocycles. The van der Waals surface area contributed by atoms with Gasteiger partial charge in [0.15, 0.2) is 11.6 Å². The number of hydrogen-bond donors (Lipinski definition) is 0. The van der Waals surface area contributed by atoms with Crippen molar-refractivity contribution in [3.63, 3.8) is 0 Å². The number of rotatable bonds is 1. The van der Waals surface area contributed by atoms with E-state index in [0.29, 0.717) is 17.8 Å². The molecule has 0 saturated carbocycles. The number of hydrogen-bond acceptors (Lipinski definition) is 4. The molecule has 19 heavy (non-hydrogen) atoms. The van der Waals surface area contributed by atoms with E-state index in [1.807, 2.05) is 13.1 Å². The van der Waals surface area contributed by atoms with Gasteiger partial charge in [-0.15, -0.1) is 0 Å². The maximum atomic E-state index is 12.1. The number of nitrogens with zero attached hydrogens (tertiary/aromatic N) is 4. The summed E-state index contributed by atoms with van der Waals surface area (Å²) in [4.78, 5) is 20.9. The van der Waals surface area contributed by atoms with E-state index in [4.69, 9.17) is 0 Å². The van der Waals surface area contributed by atoms with Crippen LogP contribution in [0.1, 0.15) is 36.3 Å². The van der Waals surface area contributed by atoms with Gasteiger partial charge in [0.05, 0.1) is 11.3 Å². The van der Waals surface area contributed by atoms with Crippen LogP contribution in [-0.2, 0) is 13.5 Å². The molecule has 0 spiro atoms. The first-order valence-corrected chi connectivity index (χ1v) is 6.34. The van der Waals surface area contributed by atoms with E-state index in [0.717, 1.165) is 17.8 Å². The Morgan fingerprint density at radius 2 is 2.11 bits per heavy atom.